The van der Waals surface area contributed by atoms with Gasteiger partial charge < -0.3 is 10.7 Å². The molecule has 0 saturated carbocycles. The van der Waals surface area contributed by atoms with Crippen LogP contribution in [-0.4, -0.2) is 20.9 Å². The number of hydrogen-bond acceptors (Lipinski definition) is 4. The summed E-state index contributed by atoms with van der Waals surface area (Å²) < 4.78 is 2.14. The Balaban J connectivity index is 1.75. The molecule has 0 fully saturated rings. The van der Waals surface area contributed by atoms with Crippen LogP contribution in [0.15, 0.2) is 52.0 Å². The van der Waals surface area contributed by atoms with E-state index in [1.54, 1.807) is 23.1 Å². The van der Waals surface area contributed by atoms with Crippen LogP contribution in [0.5, 0.6) is 0 Å². The van der Waals surface area contributed by atoms with E-state index in [4.69, 9.17) is 10.7 Å². The van der Waals surface area contributed by atoms with E-state index in [1.807, 2.05) is 6.07 Å². The maximum atomic E-state index is 5.75. The second kappa shape index (κ2) is 5.22. The molecule has 0 bridgehead atoms. The molecule has 4 aromatic rings. The Kier molecular flexibility index (Phi) is 3.21. The summed E-state index contributed by atoms with van der Waals surface area (Å²) in [6.45, 7) is 0.629. The number of imidazole rings is 1. The molecule has 3 N–H and O–H groups in total. The van der Waals surface area contributed by atoms with Crippen molar-refractivity contribution in [3.8, 4) is 0 Å². The zero-order valence-corrected chi connectivity index (χ0v) is 12.9. The molecule has 4 nitrogen and oxygen atoms in total. The van der Waals surface area contributed by atoms with Crippen LogP contribution in [0.25, 0.3) is 15.9 Å². The molecule has 106 valence electrons. The van der Waals surface area contributed by atoms with Gasteiger partial charge in [-0.3, -0.25) is 4.40 Å². The van der Waals surface area contributed by atoms with Gasteiger partial charge in [0.15, 0.2) is 4.96 Å². The standard InChI is InChI=1S/C15H14N4S2/c16-6-5-12-14(18-15-19(12)7-8-20-15)21-13-9-10-3-1-2-4-11(10)17-13/h1-4,7-9,17H,5-6,16H2. The molecule has 0 aliphatic heterocycles. The summed E-state index contributed by atoms with van der Waals surface area (Å²) in [7, 11) is 0. The smallest absolute Gasteiger partial charge is 0.194 e. The molecular weight excluding hydrogens is 300 g/mol. The van der Waals surface area contributed by atoms with Crippen LogP contribution in [0.4, 0.5) is 0 Å². The minimum Gasteiger partial charge on any atom is -0.349 e. The minimum absolute atomic E-state index is 0.629. The molecule has 0 amide bonds. The van der Waals surface area contributed by atoms with E-state index in [1.165, 1.54) is 11.1 Å². The fourth-order valence-corrected chi connectivity index (χ4v) is 4.26. The maximum absolute atomic E-state index is 5.75. The molecule has 0 aliphatic carbocycles. The van der Waals surface area contributed by atoms with Crippen molar-refractivity contribution in [3.05, 3.63) is 47.6 Å². The topological polar surface area (TPSA) is 59.1 Å². The van der Waals surface area contributed by atoms with Crippen molar-refractivity contribution in [1.29, 1.82) is 0 Å². The van der Waals surface area contributed by atoms with Gasteiger partial charge in [-0.05, 0) is 18.7 Å². The van der Waals surface area contributed by atoms with Crippen molar-refractivity contribution >= 4 is 39.0 Å². The molecular formula is C15H14N4S2. The third kappa shape index (κ3) is 2.25. The number of fused-ring (bicyclic) bond motifs is 2. The van der Waals surface area contributed by atoms with Gasteiger partial charge in [0.25, 0.3) is 0 Å². The molecule has 3 heterocycles. The highest BCUT2D eigenvalue weighted by molar-refractivity contribution is 7.99. The monoisotopic (exact) mass is 314 g/mol. The number of aromatic amines is 1. The quantitative estimate of drug-likeness (QED) is 0.606. The molecule has 0 atom stereocenters. The first-order chi connectivity index (χ1) is 10.3. The summed E-state index contributed by atoms with van der Waals surface area (Å²) in [5.41, 5.74) is 8.09. The van der Waals surface area contributed by atoms with Crippen LogP contribution >= 0.6 is 23.1 Å². The van der Waals surface area contributed by atoms with Crippen LogP contribution in [-0.2, 0) is 6.42 Å². The Hall–Kier alpha value is -1.76. The van der Waals surface area contributed by atoms with Crippen molar-refractivity contribution in [2.75, 3.05) is 6.54 Å². The van der Waals surface area contributed by atoms with Gasteiger partial charge in [0, 0.05) is 28.9 Å². The van der Waals surface area contributed by atoms with Crippen LogP contribution in [0.3, 0.4) is 0 Å². The number of H-pyrrole nitrogens is 1. The van der Waals surface area contributed by atoms with Crippen molar-refractivity contribution in [1.82, 2.24) is 14.4 Å². The number of benzene rings is 1. The molecule has 0 aliphatic rings. The Bertz CT molecular complexity index is 870. The van der Waals surface area contributed by atoms with Crippen molar-refractivity contribution in [3.63, 3.8) is 0 Å². The number of thiazole rings is 1. The highest BCUT2D eigenvalue weighted by Gasteiger charge is 2.14. The fraction of sp³-hybridized carbons (Fsp3) is 0.133. The molecule has 0 unspecified atom stereocenters. The lowest BCUT2D eigenvalue weighted by Crippen LogP contribution is -2.05. The number of nitrogens with two attached hydrogens (primary N) is 1. The summed E-state index contributed by atoms with van der Waals surface area (Å²) in [6, 6.07) is 10.5. The van der Waals surface area contributed by atoms with Crippen molar-refractivity contribution in [2.45, 2.75) is 16.5 Å². The maximum Gasteiger partial charge on any atom is 0.194 e. The zero-order chi connectivity index (χ0) is 14.2. The van der Waals surface area contributed by atoms with Gasteiger partial charge in [0.1, 0.15) is 5.03 Å². The molecule has 6 heteroatoms. The highest BCUT2D eigenvalue weighted by Crippen LogP contribution is 2.33. The molecule has 0 radical (unpaired) electrons. The number of nitrogens with zero attached hydrogens (tertiary/aromatic N) is 2. The summed E-state index contributed by atoms with van der Waals surface area (Å²) in [6.07, 6.45) is 2.90. The van der Waals surface area contributed by atoms with Gasteiger partial charge in [-0.15, -0.1) is 11.3 Å². The number of aromatic nitrogens is 3. The first kappa shape index (κ1) is 12.9. The first-order valence-corrected chi connectivity index (χ1v) is 8.45. The molecule has 4 rings (SSSR count). The number of rotatable bonds is 4. The fourth-order valence-electron chi connectivity index (χ4n) is 2.46. The van der Waals surface area contributed by atoms with E-state index in [-0.39, 0.29) is 0 Å². The van der Waals surface area contributed by atoms with Crippen LogP contribution in [0.2, 0.25) is 0 Å². The Morgan fingerprint density at radius 3 is 3.10 bits per heavy atom. The average molecular weight is 314 g/mol. The summed E-state index contributed by atoms with van der Waals surface area (Å²) in [5.74, 6) is 0. The zero-order valence-electron chi connectivity index (χ0n) is 11.2. The molecule has 21 heavy (non-hydrogen) atoms. The number of hydrogen-bond donors (Lipinski definition) is 2. The number of nitrogens with one attached hydrogen (secondary N) is 1. The SMILES string of the molecule is NCCc1c(Sc2cc3ccccc3[nH]2)nc2sccn12. The van der Waals surface area contributed by atoms with Gasteiger partial charge >= 0.3 is 0 Å². The summed E-state index contributed by atoms with van der Waals surface area (Å²) in [4.78, 5) is 9.19. The first-order valence-electron chi connectivity index (χ1n) is 6.75. The van der Waals surface area contributed by atoms with Gasteiger partial charge in [0.05, 0.1) is 10.7 Å². The average Bonchev–Trinajstić information content (AvgIpc) is 3.15. The highest BCUT2D eigenvalue weighted by atomic mass is 32.2. The second-order valence-electron chi connectivity index (χ2n) is 4.78. The number of para-hydroxylation sites is 1. The van der Waals surface area contributed by atoms with Gasteiger partial charge in [-0.1, -0.05) is 30.0 Å². The normalized spacial score (nSPS) is 11.7. The van der Waals surface area contributed by atoms with Crippen LogP contribution in [0.1, 0.15) is 5.69 Å². The van der Waals surface area contributed by atoms with E-state index < -0.39 is 0 Å². The second-order valence-corrected chi connectivity index (χ2v) is 6.68. The lowest BCUT2D eigenvalue weighted by Gasteiger charge is -2.00. The van der Waals surface area contributed by atoms with Gasteiger partial charge in [-0.25, -0.2) is 4.98 Å². The van der Waals surface area contributed by atoms with Crippen LogP contribution < -0.4 is 5.73 Å². The molecule has 1 aromatic carbocycles. The van der Waals surface area contributed by atoms with E-state index >= 15 is 0 Å². The summed E-state index contributed by atoms with van der Waals surface area (Å²) >= 11 is 3.33. The summed E-state index contributed by atoms with van der Waals surface area (Å²) in [5, 5.41) is 5.43. The van der Waals surface area contributed by atoms with E-state index in [0.29, 0.717) is 6.54 Å². The molecule has 0 saturated heterocycles. The van der Waals surface area contributed by atoms with Crippen LogP contribution in [0, 0.1) is 0 Å². The Morgan fingerprint density at radius 1 is 1.33 bits per heavy atom. The third-order valence-corrected chi connectivity index (χ3v) is 5.13. The molecule has 3 aromatic heterocycles. The predicted molar refractivity (Wildman–Crippen MR) is 88.2 cm³/mol. The van der Waals surface area contributed by atoms with E-state index in [2.05, 4.69) is 45.2 Å². The Labute approximate surface area is 130 Å². The van der Waals surface area contributed by atoms with Crippen molar-refractivity contribution < 1.29 is 0 Å². The van der Waals surface area contributed by atoms with Gasteiger partial charge in [0.2, 0.25) is 0 Å². The predicted octanol–water partition coefficient (Wildman–Crippen LogP) is 3.53. The van der Waals surface area contributed by atoms with Gasteiger partial charge in [-0.2, -0.15) is 0 Å². The lowest BCUT2D eigenvalue weighted by atomic mass is 10.3. The third-order valence-electron chi connectivity index (χ3n) is 3.42. The van der Waals surface area contributed by atoms with Crippen molar-refractivity contribution in [2.24, 2.45) is 5.73 Å². The molecule has 0 spiro atoms. The minimum atomic E-state index is 0.629. The largest absolute Gasteiger partial charge is 0.349 e. The lowest BCUT2D eigenvalue weighted by molar-refractivity contribution is 0.878. The van der Waals surface area contributed by atoms with E-state index in [9.17, 15) is 0 Å². The van der Waals surface area contributed by atoms with E-state index in [0.717, 1.165) is 27.0 Å². The Morgan fingerprint density at radius 2 is 2.24 bits per heavy atom.